The van der Waals surface area contributed by atoms with Gasteiger partial charge in [-0.25, -0.2) is 13.2 Å². The minimum Gasteiger partial charge on any atom is -0.460 e. The molecule has 0 bridgehead atoms. The summed E-state index contributed by atoms with van der Waals surface area (Å²) in [4.78, 5) is 28.6. The number of rotatable bonds is 6. The SMILES string of the molecule is CCOC(=O)c1ccc(S(=O)(=O)N2CCN(c3ccc([N+](=O)[O-])c4cnccc34)CC2)o1. The van der Waals surface area contributed by atoms with E-state index in [1.165, 1.54) is 28.7 Å². The van der Waals surface area contributed by atoms with Gasteiger partial charge in [-0.15, -0.1) is 0 Å². The Hall–Kier alpha value is -3.51. The fraction of sp³-hybridized carbons (Fsp3) is 0.300. The number of carbonyl (C=O) groups excluding carboxylic acids is 1. The number of ether oxygens (including phenoxy) is 1. The maximum absolute atomic E-state index is 12.9. The maximum Gasteiger partial charge on any atom is 0.374 e. The van der Waals surface area contributed by atoms with Gasteiger partial charge in [0, 0.05) is 55.7 Å². The minimum atomic E-state index is -3.92. The van der Waals surface area contributed by atoms with E-state index in [0.717, 1.165) is 5.69 Å². The standard InChI is InChI=1S/C20H20N4O7S/c1-2-30-20(25)18-5-6-19(31-18)32(28,29)23-11-9-22(10-12-23)16-3-4-17(24(26)27)15-13-21-8-7-14(15)16/h3-8,13H,2,9-12H2,1H3. The number of aromatic nitrogens is 1. The van der Waals surface area contributed by atoms with Gasteiger partial charge in [0.15, 0.2) is 0 Å². The van der Waals surface area contributed by atoms with E-state index in [2.05, 4.69) is 4.98 Å². The highest BCUT2D eigenvalue weighted by Gasteiger charge is 2.32. The van der Waals surface area contributed by atoms with Gasteiger partial charge in [-0.2, -0.15) is 4.31 Å². The zero-order valence-corrected chi connectivity index (χ0v) is 17.9. The summed E-state index contributed by atoms with van der Waals surface area (Å²) in [6.45, 7) is 2.90. The van der Waals surface area contributed by atoms with E-state index in [0.29, 0.717) is 23.9 Å². The van der Waals surface area contributed by atoms with Gasteiger partial charge in [-0.05, 0) is 31.2 Å². The summed E-state index contributed by atoms with van der Waals surface area (Å²) in [6, 6.07) is 7.33. The van der Waals surface area contributed by atoms with Crippen molar-refractivity contribution in [1.82, 2.24) is 9.29 Å². The predicted octanol–water partition coefficient (Wildman–Crippen LogP) is 2.42. The molecule has 0 aliphatic carbocycles. The molecule has 1 saturated heterocycles. The van der Waals surface area contributed by atoms with Gasteiger partial charge < -0.3 is 14.1 Å². The topological polar surface area (TPSA) is 136 Å². The Balaban J connectivity index is 1.53. The molecule has 0 spiro atoms. The molecule has 11 nitrogen and oxygen atoms in total. The van der Waals surface area contributed by atoms with Gasteiger partial charge in [0.1, 0.15) is 0 Å². The van der Waals surface area contributed by atoms with Gasteiger partial charge in [0.25, 0.3) is 15.7 Å². The molecule has 3 heterocycles. The summed E-state index contributed by atoms with van der Waals surface area (Å²) >= 11 is 0. The number of pyridine rings is 1. The predicted molar refractivity (Wildman–Crippen MR) is 114 cm³/mol. The maximum atomic E-state index is 12.9. The lowest BCUT2D eigenvalue weighted by Gasteiger charge is -2.35. The lowest BCUT2D eigenvalue weighted by atomic mass is 10.1. The fourth-order valence-corrected chi connectivity index (χ4v) is 5.00. The molecule has 2 aromatic heterocycles. The molecule has 12 heteroatoms. The quantitative estimate of drug-likeness (QED) is 0.308. The summed E-state index contributed by atoms with van der Waals surface area (Å²) in [6.07, 6.45) is 3.02. The number of nitro groups is 1. The van der Waals surface area contributed by atoms with E-state index in [4.69, 9.17) is 9.15 Å². The highest BCUT2D eigenvalue weighted by atomic mass is 32.2. The van der Waals surface area contributed by atoms with Gasteiger partial charge >= 0.3 is 5.97 Å². The lowest BCUT2D eigenvalue weighted by Crippen LogP contribution is -2.48. The highest BCUT2D eigenvalue weighted by Crippen LogP contribution is 2.34. The van der Waals surface area contributed by atoms with Crippen LogP contribution in [-0.4, -0.2) is 61.4 Å². The number of piperazine rings is 1. The number of non-ortho nitro benzene ring substituents is 1. The van der Waals surface area contributed by atoms with E-state index >= 15 is 0 Å². The molecule has 0 amide bonds. The Kier molecular flexibility index (Phi) is 5.80. The second-order valence-corrected chi connectivity index (χ2v) is 8.88. The first kappa shape index (κ1) is 21.7. The third kappa shape index (κ3) is 3.89. The zero-order valence-electron chi connectivity index (χ0n) is 17.1. The Labute approximate surface area is 183 Å². The normalized spacial score (nSPS) is 15.1. The van der Waals surface area contributed by atoms with E-state index in [-0.39, 0.29) is 36.2 Å². The molecule has 0 radical (unpaired) electrons. The minimum absolute atomic E-state index is 0.0340. The van der Waals surface area contributed by atoms with Crippen molar-refractivity contribution in [3.8, 4) is 0 Å². The number of anilines is 1. The smallest absolute Gasteiger partial charge is 0.374 e. The van der Waals surface area contributed by atoms with Crippen LogP contribution < -0.4 is 4.90 Å². The largest absolute Gasteiger partial charge is 0.460 e. The lowest BCUT2D eigenvalue weighted by molar-refractivity contribution is -0.383. The van der Waals surface area contributed by atoms with Crippen LogP contribution in [-0.2, 0) is 14.8 Å². The van der Waals surface area contributed by atoms with E-state index in [1.54, 1.807) is 25.3 Å². The third-order valence-corrected chi connectivity index (χ3v) is 6.97. The number of hydrogen-bond acceptors (Lipinski definition) is 9. The summed E-state index contributed by atoms with van der Waals surface area (Å²) in [5, 5.41) is 12.1. The number of hydrogen-bond donors (Lipinski definition) is 0. The molecule has 0 unspecified atom stereocenters. The molecular weight excluding hydrogens is 440 g/mol. The number of furan rings is 1. The van der Waals surface area contributed by atoms with Crippen molar-refractivity contribution in [3.05, 3.63) is 58.6 Å². The van der Waals surface area contributed by atoms with Crippen molar-refractivity contribution in [2.45, 2.75) is 12.0 Å². The molecule has 3 aromatic rings. The number of sulfonamides is 1. The average Bonchev–Trinajstić information content (AvgIpc) is 3.30. The Bertz CT molecular complexity index is 1280. The van der Waals surface area contributed by atoms with Crippen LogP contribution in [0.3, 0.4) is 0 Å². The second-order valence-electron chi connectivity index (χ2n) is 7.01. The first-order valence-electron chi connectivity index (χ1n) is 9.86. The van der Waals surface area contributed by atoms with Crippen molar-refractivity contribution >= 4 is 38.1 Å². The summed E-state index contributed by atoms with van der Waals surface area (Å²) in [5.74, 6) is -0.895. The third-order valence-electron chi connectivity index (χ3n) is 5.20. The first-order valence-corrected chi connectivity index (χ1v) is 11.3. The van der Waals surface area contributed by atoms with Gasteiger partial charge in [-0.1, -0.05) is 0 Å². The van der Waals surface area contributed by atoms with Crippen molar-refractivity contribution in [3.63, 3.8) is 0 Å². The average molecular weight is 460 g/mol. The Morgan fingerprint density at radius 3 is 2.59 bits per heavy atom. The molecule has 0 saturated carbocycles. The van der Waals surface area contributed by atoms with Crippen LogP contribution in [0.2, 0.25) is 0 Å². The van der Waals surface area contributed by atoms with Crippen molar-refractivity contribution in [2.24, 2.45) is 0 Å². The number of fused-ring (bicyclic) bond motifs is 1. The fourth-order valence-electron chi connectivity index (χ4n) is 3.66. The van der Waals surface area contributed by atoms with Gasteiger partial charge in [0.05, 0.1) is 16.9 Å². The van der Waals surface area contributed by atoms with E-state index in [9.17, 15) is 23.3 Å². The second kappa shape index (κ2) is 8.55. The number of nitro benzene ring substituents is 1. The zero-order chi connectivity index (χ0) is 22.9. The summed E-state index contributed by atoms with van der Waals surface area (Å²) in [7, 11) is -3.92. The Morgan fingerprint density at radius 2 is 1.91 bits per heavy atom. The number of esters is 1. The van der Waals surface area contributed by atoms with Crippen LogP contribution in [0.4, 0.5) is 11.4 Å². The van der Waals surface area contributed by atoms with Gasteiger partial charge in [0.2, 0.25) is 10.9 Å². The molecule has 32 heavy (non-hydrogen) atoms. The summed E-state index contributed by atoms with van der Waals surface area (Å²) in [5.41, 5.74) is 0.737. The molecule has 1 aliphatic heterocycles. The van der Waals surface area contributed by atoms with Crippen LogP contribution in [0.1, 0.15) is 17.5 Å². The van der Waals surface area contributed by atoms with Crippen LogP contribution in [0.15, 0.2) is 52.2 Å². The summed E-state index contributed by atoms with van der Waals surface area (Å²) < 4.78 is 37.2. The molecule has 4 rings (SSSR count). The molecule has 1 aromatic carbocycles. The molecule has 1 fully saturated rings. The molecule has 0 atom stereocenters. The first-order chi connectivity index (χ1) is 15.3. The van der Waals surface area contributed by atoms with Crippen LogP contribution in [0.5, 0.6) is 0 Å². The van der Waals surface area contributed by atoms with Crippen LogP contribution >= 0.6 is 0 Å². The van der Waals surface area contributed by atoms with Crippen molar-refractivity contribution in [1.29, 1.82) is 0 Å². The van der Waals surface area contributed by atoms with Gasteiger partial charge in [-0.3, -0.25) is 15.1 Å². The van der Waals surface area contributed by atoms with Crippen molar-refractivity contribution < 1.29 is 27.3 Å². The Morgan fingerprint density at radius 1 is 1.16 bits per heavy atom. The molecule has 1 aliphatic rings. The number of nitrogens with zero attached hydrogens (tertiary/aromatic N) is 4. The highest BCUT2D eigenvalue weighted by molar-refractivity contribution is 7.89. The van der Waals surface area contributed by atoms with Crippen molar-refractivity contribution in [2.75, 3.05) is 37.7 Å². The molecule has 0 N–H and O–H groups in total. The molecular formula is C20H20N4O7S. The van der Waals surface area contributed by atoms with Crippen LogP contribution in [0.25, 0.3) is 10.8 Å². The van der Waals surface area contributed by atoms with E-state index in [1.807, 2.05) is 4.90 Å². The van der Waals surface area contributed by atoms with E-state index < -0.39 is 20.9 Å². The van der Waals surface area contributed by atoms with Crippen LogP contribution in [0, 0.1) is 10.1 Å². The monoisotopic (exact) mass is 460 g/mol. The number of benzene rings is 1. The molecule has 168 valence electrons. The number of carbonyl (C=O) groups is 1.